The molecule has 0 nitrogen and oxygen atoms in total. The highest BCUT2D eigenvalue weighted by atomic mass is 32.2. The monoisotopic (exact) mass is 370 g/mol. The number of benzene rings is 2. The third-order valence-corrected chi connectivity index (χ3v) is 7.68. The Hall–Kier alpha value is -0.860. The van der Waals surface area contributed by atoms with Crippen molar-refractivity contribution in [3.05, 3.63) is 59.7 Å². The molecule has 2 aromatic rings. The molecule has 0 aliphatic heterocycles. The Kier molecular flexibility index (Phi) is 5.07. The van der Waals surface area contributed by atoms with Gasteiger partial charge in [-0.15, -0.1) is 0 Å². The molecule has 0 aromatic heterocycles. The van der Waals surface area contributed by atoms with Crippen LogP contribution in [0.25, 0.3) is 11.1 Å². The molecule has 0 N–H and O–H groups in total. The van der Waals surface area contributed by atoms with Crippen LogP contribution in [0, 0.1) is 0 Å². The molecule has 1 aliphatic rings. The molecule has 0 saturated heterocycles. The summed E-state index contributed by atoms with van der Waals surface area (Å²) >= 11 is 4.19. The van der Waals surface area contributed by atoms with Crippen LogP contribution in [-0.4, -0.2) is 21.0 Å². The highest BCUT2D eigenvalue weighted by Crippen LogP contribution is 2.53. The van der Waals surface area contributed by atoms with Gasteiger partial charge in [0.05, 0.1) is 0 Å². The lowest BCUT2D eigenvalue weighted by Gasteiger charge is -2.36. The largest absolute Gasteiger partial charge is 0.155 e. The van der Waals surface area contributed by atoms with E-state index in [0.717, 1.165) is 11.5 Å². The Morgan fingerprint density at radius 3 is 1.36 bits per heavy atom. The summed E-state index contributed by atoms with van der Waals surface area (Å²) in [5.41, 5.74) is 6.00. The van der Waals surface area contributed by atoms with E-state index in [1.807, 2.05) is 0 Å². The third-order valence-electron chi connectivity index (χ3n) is 4.68. The zero-order valence-corrected chi connectivity index (χ0v) is 18.0. The van der Waals surface area contributed by atoms with Crippen molar-refractivity contribution in [3.63, 3.8) is 0 Å². The predicted octanol–water partition coefficient (Wildman–Crippen LogP) is 7.02. The molecule has 25 heavy (non-hydrogen) atoms. The molecule has 0 unspecified atom stereocenters. The SMILES string of the molecule is CC(C)(C)SCC1(CSC(C)(C)C)c2ccccc2-c2ccccc21. The fourth-order valence-corrected chi connectivity index (χ4v) is 5.76. The van der Waals surface area contributed by atoms with Crippen LogP contribution in [0.1, 0.15) is 52.7 Å². The van der Waals surface area contributed by atoms with Gasteiger partial charge in [-0.25, -0.2) is 0 Å². The van der Waals surface area contributed by atoms with Crippen LogP contribution >= 0.6 is 23.5 Å². The lowest BCUT2D eigenvalue weighted by molar-refractivity contribution is 0.669. The molecule has 0 amide bonds. The van der Waals surface area contributed by atoms with Crippen molar-refractivity contribution >= 4 is 23.5 Å². The topological polar surface area (TPSA) is 0 Å². The average Bonchev–Trinajstić information content (AvgIpc) is 2.81. The van der Waals surface area contributed by atoms with E-state index in [-0.39, 0.29) is 14.9 Å². The molecular weight excluding hydrogens is 340 g/mol. The molecule has 0 spiro atoms. The van der Waals surface area contributed by atoms with Gasteiger partial charge < -0.3 is 0 Å². The van der Waals surface area contributed by atoms with E-state index in [0.29, 0.717) is 0 Å². The summed E-state index contributed by atoms with van der Waals surface area (Å²) in [4.78, 5) is 0. The van der Waals surface area contributed by atoms with Gasteiger partial charge in [-0.1, -0.05) is 90.1 Å². The Balaban J connectivity index is 2.12. The van der Waals surface area contributed by atoms with Crippen molar-refractivity contribution in [1.29, 1.82) is 0 Å². The van der Waals surface area contributed by atoms with Crippen LogP contribution in [-0.2, 0) is 5.41 Å². The van der Waals surface area contributed by atoms with E-state index in [9.17, 15) is 0 Å². The minimum absolute atomic E-state index is 0.100. The predicted molar refractivity (Wildman–Crippen MR) is 117 cm³/mol. The molecule has 0 radical (unpaired) electrons. The Bertz CT molecular complexity index is 682. The van der Waals surface area contributed by atoms with E-state index < -0.39 is 0 Å². The zero-order chi connectivity index (χ0) is 18.3. The summed E-state index contributed by atoms with van der Waals surface area (Å²) < 4.78 is 0.539. The first-order valence-corrected chi connectivity index (χ1v) is 11.1. The quantitative estimate of drug-likeness (QED) is 0.567. The van der Waals surface area contributed by atoms with Gasteiger partial charge in [0, 0.05) is 26.4 Å². The maximum absolute atomic E-state index is 2.36. The van der Waals surface area contributed by atoms with E-state index in [4.69, 9.17) is 0 Å². The minimum Gasteiger partial charge on any atom is -0.155 e. The maximum Gasteiger partial charge on any atom is 0.0396 e. The number of hydrogen-bond donors (Lipinski definition) is 0. The van der Waals surface area contributed by atoms with Crippen LogP contribution in [0.4, 0.5) is 0 Å². The lowest BCUT2D eigenvalue weighted by Crippen LogP contribution is -2.34. The first kappa shape index (κ1) is 18.9. The van der Waals surface area contributed by atoms with Gasteiger partial charge in [0.25, 0.3) is 0 Å². The van der Waals surface area contributed by atoms with Crippen LogP contribution < -0.4 is 0 Å². The lowest BCUT2D eigenvalue weighted by atomic mass is 9.82. The Labute approximate surface area is 162 Å². The van der Waals surface area contributed by atoms with Crippen LogP contribution in [0.5, 0.6) is 0 Å². The molecule has 134 valence electrons. The summed E-state index contributed by atoms with van der Waals surface area (Å²) in [5, 5.41) is 0. The van der Waals surface area contributed by atoms with Crippen molar-refractivity contribution < 1.29 is 0 Å². The summed E-state index contributed by atoms with van der Waals surface area (Å²) in [6, 6.07) is 18.1. The second kappa shape index (κ2) is 6.70. The van der Waals surface area contributed by atoms with Gasteiger partial charge >= 0.3 is 0 Å². The molecular formula is C23H30S2. The number of thioether (sulfide) groups is 2. The molecule has 0 heterocycles. The molecule has 0 atom stereocenters. The second-order valence-corrected chi connectivity index (χ2v) is 12.6. The van der Waals surface area contributed by atoms with Gasteiger partial charge in [0.15, 0.2) is 0 Å². The van der Waals surface area contributed by atoms with Crippen molar-refractivity contribution in [2.24, 2.45) is 0 Å². The van der Waals surface area contributed by atoms with Crippen molar-refractivity contribution in [3.8, 4) is 11.1 Å². The number of fused-ring (bicyclic) bond motifs is 3. The summed E-state index contributed by atoms with van der Waals surface area (Å²) in [6.45, 7) is 14.0. The molecule has 2 aromatic carbocycles. The fraction of sp³-hybridized carbons (Fsp3) is 0.478. The molecule has 0 fully saturated rings. The number of rotatable bonds is 4. The Morgan fingerprint density at radius 2 is 1.00 bits per heavy atom. The van der Waals surface area contributed by atoms with Crippen molar-refractivity contribution in [1.82, 2.24) is 0 Å². The molecule has 3 rings (SSSR count). The van der Waals surface area contributed by atoms with Gasteiger partial charge in [-0.2, -0.15) is 23.5 Å². The zero-order valence-electron chi connectivity index (χ0n) is 16.3. The first-order valence-electron chi connectivity index (χ1n) is 9.10. The van der Waals surface area contributed by atoms with E-state index >= 15 is 0 Å². The van der Waals surface area contributed by atoms with Crippen molar-refractivity contribution in [2.75, 3.05) is 11.5 Å². The third kappa shape index (κ3) is 3.95. The van der Waals surface area contributed by atoms with Crippen LogP contribution in [0.3, 0.4) is 0 Å². The van der Waals surface area contributed by atoms with Gasteiger partial charge in [0.1, 0.15) is 0 Å². The van der Waals surface area contributed by atoms with Crippen LogP contribution in [0.15, 0.2) is 48.5 Å². The highest BCUT2D eigenvalue weighted by Gasteiger charge is 2.44. The second-order valence-electron chi connectivity index (χ2n) is 8.98. The van der Waals surface area contributed by atoms with Gasteiger partial charge in [0.2, 0.25) is 0 Å². The highest BCUT2D eigenvalue weighted by molar-refractivity contribution is 8.01. The summed E-state index contributed by atoms with van der Waals surface area (Å²) in [6.07, 6.45) is 0. The normalized spacial score (nSPS) is 15.8. The van der Waals surface area contributed by atoms with Gasteiger partial charge in [-0.3, -0.25) is 0 Å². The summed E-state index contributed by atoms with van der Waals surface area (Å²) in [5.74, 6) is 2.27. The smallest absolute Gasteiger partial charge is 0.0396 e. The van der Waals surface area contributed by atoms with E-state index in [2.05, 4.69) is 114 Å². The van der Waals surface area contributed by atoms with Gasteiger partial charge in [-0.05, 0) is 22.3 Å². The standard InChI is InChI=1S/C23H30S2/c1-21(2,3)24-15-23(16-25-22(4,5)6)19-13-9-7-11-17(19)18-12-8-10-14-20(18)23/h7-14H,15-16H2,1-6H3. The average molecular weight is 371 g/mol. The maximum atomic E-state index is 2.36. The minimum atomic E-state index is 0.100. The van der Waals surface area contributed by atoms with E-state index in [1.54, 1.807) is 0 Å². The first-order chi connectivity index (χ1) is 11.6. The molecule has 2 heteroatoms. The molecule has 0 bridgehead atoms. The molecule has 0 saturated carbocycles. The van der Waals surface area contributed by atoms with Crippen molar-refractivity contribution in [2.45, 2.75) is 56.5 Å². The Morgan fingerprint density at radius 1 is 0.640 bits per heavy atom. The number of hydrogen-bond acceptors (Lipinski definition) is 2. The fourth-order valence-electron chi connectivity index (χ4n) is 3.45. The summed E-state index contributed by atoms with van der Waals surface area (Å²) in [7, 11) is 0. The van der Waals surface area contributed by atoms with E-state index in [1.165, 1.54) is 22.3 Å². The van der Waals surface area contributed by atoms with Crippen LogP contribution in [0.2, 0.25) is 0 Å². The molecule has 1 aliphatic carbocycles.